The predicted molar refractivity (Wildman–Crippen MR) is 72.7 cm³/mol. The van der Waals surface area contributed by atoms with E-state index in [1.807, 2.05) is 22.4 Å². The molecule has 92 valence electrons. The van der Waals surface area contributed by atoms with Crippen molar-refractivity contribution in [2.75, 3.05) is 13.1 Å². The molecular weight excluding hydrogens is 232 g/mol. The van der Waals surface area contributed by atoms with Crippen LogP contribution in [-0.2, 0) is 0 Å². The predicted octanol–water partition coefficient (Wildman–Crippen LogP) is 3.49. The van der Waals surface area contributed by atoms with E-state index in [0.29, 0.717) is 5.69 Å². The molecule has 2 aromatic heterocycles. The summed E-state index contributed by atoms with van der Waals surface area (Å²) in [4.78, 5) is 17.4. The van der Waals surface area contributed by atoms with Gasteiger partial charge in [0.05, 0.1) is 10.2 Å². The number of aromatic nitrogens is 1. The Morgan fingerprint density at radius 2 is 2.06 bits per heavy atom. The molecule has 0 aromatic carbocycles. The third-order valence-corrected chi connectivity index (χ3v) is 3.61. The van der Waals surface area contributed by atoms with Gasteiger partial charge in [-0.3, -0.25) is 4.79 Å². The number of H-pyrrole nitrogens is 1. The Hall–Kier alpha value is -1.29. The van der Waals surface area contributed by atoms with E-state index in [1.165, 1.54) is 0 Å². The molecular formula is C13H18N2OS. The highest BCUT2D eigenvalue weighted by Crippen LogP contribution is 2.22. The molecule has 17 heavy (non-hydrogen) atoms. The summed E-state index contributed by atoms with van der Waals surface area (Å²) in [6.07, 6.45) is 2.00. The number of carbonyl (C=O) groups is 1. The van der Waals surface area contributed by atoms with Gasteiger partial charge in [-0.15, -0.1) is 11.3 Å². The number of hydrogen-bond acceptors (Lipinski definition) is 2. The Balaban J connectivity index is 2.19. The molecule has 1 amide bonds. The van der Waals surface area contributed by atoms with Gasteiger partial charge in [0, 0.05) is 13.1 Å². The van der Waals surface area contributed by atoms with E-state index in [4.69, 9.17) is 0 Å². The third-order valence-electron chi connectivity index (χ3n) is 2.74. The second-order valence-corrected chi connectivity index (χ2v) is 5.12. The number of hydrogen-bond donors (Lipinski definition) is 1. The first-order valence-electron chi connectivity index (χ1n) is 6.11. The fourth-order valence-electron chi connectivity index (χ4n) is 1.99. The highest BCUT2D eigenvalue weighted by atomic mass is 32.1. The minimum atomic E-state index is 0.122. The van der Waals surface area contributed by atoms with Gasteiger partial charge in [0.2, 0.25) is 0 Å². The first kappa shape index (κ1) is 12.2. The number of rotatable bonds is 5. The van der Waals surface area contributed by atoms with Gasteiger partial charge in [-0.25, -0.2) is 0 Å². The summed E-state index contributed by atoms with van der Waals surface area (Å²) in [5.74, 6) is 0.122. The van der Waals surface area contributed by atoms with Crippen molar-refractivity contribution in [3.63, 3.8) is 0 Å². The highest BCUT2D eigenvalue weighted by molar-refractivity contribution is 7.17. The van der Waals surface area contributed by atoms with Crippen LogP contribution in [0.1, 0.15) is 37.2 Å². The summed E-state index contributed by atoms with van der Waals surface area (Å²) in [5, 5.41) is 2.03. The van der Waals surface area contributed by atoms with Gasteiger partial charge in [-0.05, 0) is 30.4 Å². The maximum Gasteiger partial charge on any atom is 0.270 e. The van der Waals surface area contributed by atoms with E-state index in [-0.39, 0.29) is 5.91 Å². The molecule has 0 aliphatic rings. The quantitative estimate of drug-likeness (QED) is 0.866. The summed E-state index contributed by atoms with van der Waals surface area (Å²) in [6, 6.07) is 3.97. The molecule has 0 bridgehead atoms. The number of amides is 1. The van der Waals surface area contributed by atoms with Crippen LogP contribution in [0.25, 0.3) is 10.2 Å². The normalized spacial score (nSPS) is 10.9. The third kappa shape index (κ3) is 2.52. The average molecular weight is 250 g/mol. The van der Waals surface area contributed by atoms with Crippen LogP contribution in [0.5, 0.6) is 0 Å². The first-order chi connectivity index (χ1) is 8.26. The van der Waals surface area contributed by atoms with Crippen LogP contribution in [0.2, 0.25) is 0 Å². The van der Waals surface area contributed by atoms with Crippen molar-refractivity contribution in [1.29, 1.82) is 0 Å². The molecule has 3 nitrogen and oxygen atoms in total. The Kier molecular flexibility index (Phi) is 3.84. The molecule has 0 aliphatic carbocycles. The minimum absolute atomic E-state index is 0.122. The van der Waals surface area contributed by atoms with Gasteiger partial charge in [0.15, 0.2) is 0 Å². The smallest absolute Gasteiger partial charge is 0.270 e. The molecule has 2 aromatic rings. The lowest BCUT2D eigenvalue weighted by Crippen LogP contribution is -2.32. The summed E-state index contributed by atoms with van der Waals surface area (Å²) in [5.41, 5.74) is 1.78. The fourth-order valence-corrected chi connectivity index (χ4v) is 2.77. The average Bonchev–Trinajstić information content (AvgIpc) is 2.87. The maximum atomic E-state index is 12.3. The lowest BCUT2D eigenvalue weighted by atomic mass is 10.3. The summed E-state index contributed by atoms with van der Waals surface area (Å²) >= 11 is 1.66. The van der Waals surface area contributed by atoms with Crippen molar-refractivity contribution in [3.05, 3.63) is 23.2 Å². The van der Waals surface area contributed by atoms with Gasteiger partial charge in [-0.1, -0.05) is 13.8 Å². The topological polar surface area (TPSA) is 36.1 Å². The number of nitrogens with zero attached hydrogens (tertiary/aromatic N) is 1. The van der Waals surface area contributed by atoms with E-state index < -0.39 is 0 Å². The number of carbonyl (C=O) groups excluding carboxylic acids is 1. The van der Waals surface area contributed by atoms with Crippen LogP contribution < -0.4 is 0 Å². The van der Waals surface area contributed by atoms with Crippen LogP contribution in [0.3, 0.4) is 0 Å². The van der Waals surface area contributed by atoms with Crippen LogP contribution in [0, 0.1) is 0 Å². The molecule has 2 heterocycles. The molecule has 0 radical (unpaired) electrons. The number of aromatic amines is 1. The number of fused-ring (bicyclic) bond motifs is 1. The molecule has 0 saturated heterocycles. The molecule has 0 unspecified atom stereocenters. The highest BCUT2D eigenvalue weighted by Gasteiger charge is 2.16. The van der Waals surface area contributed by atoms with Crippen LogP contribution in [0.4, 0.5) is 0 Å². The zero-order chi connectivity index (χ0) is 12.3. The molecule has 0 atom stereocenters. The van der Waals surface area contributed by atoms with Crippen LogP contribution >= 0.6 is 11.3 Å². The summed E-state index contributed by atoms with van der Waals surface area (Å²) in [7, 11) is 0. The van der Waals surface area contributed by atoms with E-state index in [0.717, 1.165) is 36.1 Å². The van der Waals surface area contributed by atoms with Gasteiger partial charge < -0.3 is 9.88 Å². The lowest BCUT2D eigenvalue weighted by Gasteiger charge is -2.20. The molecule has 4 heteroatoms. The van der Waals surface area contributed by atoms with Crippen molar-refractivity contribution in [2.45, 2.75) is 26.7 Å². The second kappa shape index (κ2) is 5.36. The molecule has 2 rings (SSSR count). The van der Waals surface area contributed by atoms with Crippen molar-refractivity contribution >= 4 is 27.5 Å². The Bertz CT molecular complexity index is 466. The maximum absolute atomic E-state index is 12.3. The fraction of sp³-hybridized carbons (Fsp3) is 0.462. The van der Waals surface area contributed by atoms with E-state index >= 15 is 0 Å². The number of thiophene rings is 1. The number of nitrogens with one attached hydrogen (secondary N) is 1. The van der Waals surface area contributed by atoms with Crippen LogP contribution in [0.15, 0.2) is 17.5 Å². The van der Waals surface area contributed by atoms with E-state index in [1.54, 1.807) is 11.3 Å². The Morgan fingerprint density at radius 3 is 2.65 bits per heavy atom. The zero-order valence-electron chi connectivity index (χ0n) is 10.3. The lowest BCUT2D eigenvalue weighted by molar-refractivity contribution is 0.0750. The van der Waals surface area contributed by atoms with Crippen molar-refractivity contribution in [2.24, 2.45) is 0 Å². The Labute approximate surface area is 105 Å². The molecule has 0 spiro atoms. The second-order valence-electron chi connectivity index (χ2n) is 4.17. The van der Waals surface area contributed by atoms with Crippen LogP contribution in [-0.4, -0.2) is 28.9 Å². The molecule has 0 fully saturated rings. The van der Waals surface area contributed by atoms with Gasteiger partial charge in [0.1, 0.15) is 5.69 Å². The monoisotopic (exact) mass is 250 g/mol. The zero-order valence-corrected chi connectivity index (χ0v) is 11.1. The first-order valence-corrected chi connectivity index (χ1v) is 6.99. The molecule has 0 saturated carbocycles. The van der Waals surface area contributed by atoms with E-state index in [9.17, 15) is 4.79 Å². The molecule has 1 N–H and O–H groups in total. The van der Waals surface area contributed by atoms with Crippen molar-refractivity contribution < 1.29 is 4.79 Å². The van der Waals surface area contributed by atoms with Gasteiger partial charge in [-0.2, -0.15) is 0 Å². The largest absolute Gasteiger partial charge is 0.350 e. The van der Waals surface area contributed by atoms with Gasteiger partial charge in [0.25, 0.3) is 5.91 Å². The van der Waals surface area contributed by atoms with Crippen molar-refractivity contribution in [1.82, 2.24) is 9.88 Å². The summed E-state index contributed by atoms with van der Waals surface area (Å²) in [6.45, 7) is 5.87. The summed E-state index contributed by atoms with van der Waals surface area (Å²) < 4.78 is 1.15. The SMILES string of the molecule is CCCN(CCC)C(=O)c1cc2sccc2[nH]1. The minimum Gasteiger partial charge on any atom is -0.350 e. The van der Waals surface area contributed by atoms with E-state index in [2.05, 4.69) is 18.8 Å². The Morgan fingerprint density at radius 1 is 1.35 bits per heavy atom. The molecule has 0 aliphatic heterocycles. The standard InChI is InChI=1S/C13H18N2OS/c1-3-6-15(7-4-2)13(16)11-9-12-10(14-11)5-8-17-12/h5,8-9,14H,3-4,6-7H2,1-2H3. The van der Waals surface area contributed by atoms with Crippen molar-refractivity contribution in [3.8, 4) is 0 Å². The van der Waals surface area contributed by atoms with Gasteiger partial charge >= 0.3 is 0 Å².